The fourth-order valence-corrected chi connectivity index (χ4v) is 0.839. The van der Waals surface area contributed by atoms with Crippen LogP contribution in [0.5, 0.6) is 0 Å². The Kier molecular flexibility index (Phi) is 7.01. The predicted octanol–water partition coefficient (Wildman–Crippen LogP) is 3.42. The molecule has 0 saturated heterocycles. The summed E-state index contributed by atoms with van der Waals surface area (Å²) in [6.07, 6.45) is 1.64. The first-order chi connectivity index (χ1) is 6.48. The van der Waals surface area contributed by atoms with Crippen molar-refractivity contribution in [1.29, 1.82) is 0 Å². The summed E-state index contributed by atoms with van der Waals surface area (Å²) in [6.45, 7) is 5.36. The molecule has 86 valence electrons. The van der Waals surface area contributed by atoms with Gasteiger partial charge in [0.05, 0.1) is 6.61 Å². The highest BCUT2D eigenvalue weighted by atomic mass is 19.3. The second-order valence-corrected chi connectivity index (χ2v) is 3.83. The highest BCUT2D eigenvalue weighted by Gasteiger charge is 2.26. The molecular weight excluding hydrogens is 190 g/mol. The van der Waals surface area contributed by atoms with Crippen LogP contribution in [0.25, 0.3) is 0 Å². The molecule has 14 heavy (non-hydrogen) atoms. The maximum absolute atomic E-state index is 12.6. The topological polar surface area (TPSA) is 18.5 Å². The molecule has 2 nitrogen and oxygen atoms in total. The van der Waals surface area contributed by atoms with Gasteiger partial charge in [0.25, 0.3) is 5.92 Å². The normalized spacial score (nSPS) is 12.4. The molecule has 0 aromatic heterocycles. The van der Waals surface area contributed by atoms with Gasteiger partial charge in [0.1, 0.15) is 6.61 Å². The van der Waals surface area contributed by atoms with Crippen LogP contribution in [0, 0.1) is 5.92 Å². The minimum atomic E-state index is -2.77. The van der Waals surface area contributed by atoms with Crippen LogP contribution in [0.4, 0.5) is 8.78 Å². The molecule has 0 atom stereocenters. The number of rotatable bonds is 8. The summed E-state index contributed by atoms with van der Waals surface area (Å²) in [5.41, 5.74) is 0. The van der Waals surface area contributed by atoms with E-state index in [4.69, 9.17) is 0 Å². The molecule has 0 bridgehead atoms. The van der Waals surface area contributed by atoms with Crippen LogP contribution in [0.1, 0.15) is 40.0 Å². The number of hydrogen-bond acceptors (Lipinski definition) is 2. The quantitative estimate of drug-likeness (QED) is 0.347. The highest BCUT2D eigenvalue weighted by Crippen LogP contribution is 2.17. The van der Waals surface area contributed by atoms with Crippen molar-refractivity contribution in [2.24, 2.45) is 5.92 Å². The van der Waals surface area contributed by atoms with Gasteiger partial charge < -0.3 is 0 Å². The fourth-order valence-electron chi connectivity index (χ4n) is 0.839. The largest absolute Gasteiger partial charge is 0.273 e. The third kappa shape index (κ3) is 8.38. The van der Waals surface area contributed by atoms with Gasteiger partial charge >= 0.3 is 0 Å². The lowest BCUT2D eigenvalue weighted by atomic mass is 10.1. The summed E-state index contributed by atoms with van der Waals surface area (Å²) in [5.74, 6) is -2.16. The van der Waals surface area contributed by atoms with Gasteiger partial charge in [-0.25, -0.2) is 18.6 Å². The molecule has 0 aliphatic heterocycles. The molecule has 0 aromatic rings. The summed E-state index contributed by atoms with van der Waals surface area (Å²) >= 11 is 0. The van der Waals surface area contributed by atoms with Gasteiger partial charge in [-0.2, -0.15) is 0 Å². The van der Waals surface area contributed by atoms with E-state index in [1.807, 2.05) is 0 Å². The lowest BCUT2D eigenvalue weighted by molar-refractivity contribution is -0.322. The molecule has 0 spiro atoms. The Morgan fingerprint density at radius 3 is 2.36 bits per heavy atom. The zero-order valence-corrected chi connectivity index (χ0v) is 9.19. The summed E-state index contributed by atoms with van der Waals surface area (Å²) in [7, 11) is 0. The maximum Gasteiger partial charge on any atom is 0.273 e. The third-order valence-corrected chi connectivity index (χ3v) is 1.88. The van der Waals surface area contributed by atoms with E-state index in [1.54, 1.807) is 0 Å². The number of alkyl halides is 2. The van der Waals surface area contributed by atoms with Crippen molar-refractivity contribution in [3.8, 4) is 0 Å². The highest BCUT2D eigenvalue weighted by molar-refractivity contribution is 4.59. The number of hydrogen-bond donors (Lipinski definition) is 0. The lowest BCUT2D eigenvalue weighted by Gasteiger charge is -2.13. The first-order valence-electron chi connectivity index (χ1n) is 5.10. The first kappa shape index (κ1) is 13.8. The van der Waals surface area contributed by atoms with E-state index in [9.17, 15) is 8.78 Å². The average Bonchev–Trinajstić information content (AvgIpc) is 2.10. The molecule has 0 N–H and O–H groups in total. The van der Waals surface area contributed by atoms with Gasteiger partial charge in [0.15, 0.2) is 0 Å². The maximum atomic E-state index is 12.6. The molecule has 0 unspecified atom stereocenters. The van der Waals surface area contributed by atoms with Gasteiger partial charge in [-0.05, 0) is 18.8 Å². The van der Waals surface area contributed by atoms with Crippen LogP contribution in [0.15, 0.2) is 0 Å². The second-order valence-electron chi connectivity index (χ2n) is 3.83. The van der Waals surface area contributed by atoms with Crippen molar-refractivity contribution in [1.82, 2.24) is 0 Å². The number of halogens is 2. The summed E-state index contributed by atoms with van der Waals surface area (Å²) < 4.78 is 25.2. The molecule has 0 aliphatic carbocycles. The lowest BCUT2D eigenvalue weighted by Crippen LogP contribution is -2.22. The van der Waals surface area contributed by atoms with Gasteiger partial charge in [-0.15, -0.1) is 0 Å². The molecule has 0 heterocycles. The summed E-state index contributed by atoms with van der Waals surface area (Å²) in [5, 5.41) is 0. The molecule has 4 heteroatoms. The summed E-state index contributed by atoms with van der Waals surface area (Å²) in [6, 6.07) is 0. The monoisotopic (exact) mass is 210 g/mol. The molecule has 0 aliphatic rings. The molecule has 0 amide bonds. The van der Waals surface area contributed by atoms with Gasteiger partial charge in [0, 0.05) is 6.42 Å². The zero-order valence-electron chi connectivity index (χ0n) is 9.19. The van der Waals surface area contributed by atoms with Gasteiger partial charge in [-0.1, -0.05) is 20.8 Å². The van der Waals surface area contributed by atoms with Crippen molar-refractivity contribution >= 4 is 0 Å². The third-order valence-electron chi connectivity index (χ3n) is 1.88. The van der Waals surface area contributed by atoms with Crippen molar-refractivity contribution in [3.05, 3.63) is 0 Å². The van der Waals surface area contributed by atoms with E-state index < -0.39 is 12.5 Å². The molecule has 0 radical (unpaired) electrons. The van der Waals surface area contributed by atoms with Crippen LogP contribution in [0.3, 0.4) is 0 Å². The van der Waals surface area contributed by atoms with Gasteiger partial charge in [0.2, 0.25) is 0 Å². The van der Waals surface area contributed by atoms with Crippen LogP contribution in [-0.4, -0.2) is 19.1 Å². The Hall–Kier alpha value is -0.220. The van der Waals surface area contributed by atoms with E-state index in [0.29, 0.717) is 12.5 Å². The van der Waals surface area contributed by atoms with Crippen molar-refractivity contribution < 1.29 is 18.6 Å². The molecular formula is C10H20F2O2. The molecule has 0 rings (SSSR count). The van der Waals surface area contributed by atoms with E-state index in [1.165, 1.54) is 6.92 Å². The molecule has 0 aromatic carbocycles. The van der Waals surface area contributed by atoms with E-state index in [2.05, 4.69) is 23.6 Å². The summed E-state index contributed by atoms with van der Waals surface area (Å²) in [4.78, 5) is 9.06. The predicted molar refractivity (Wildman–Crippen MR) is 51.2 cm³/mol. The Bertz CT molecular complexity index is 138. The average molecular weight is 210 g/mol. The van der Waals surface area contributed by atoms with E-state index >= 15 is 0 Å². The van der Waals surface area contributed by atoms with E-state index in [0.717, 1.165) is 12.8 Å². The molecule has 0 fully saturated rings. The zero-order chi connectivity index (χ0) is 11.0. The van der Waals surface area contributed by atoms with Gasteiger partial charge in [-0.3, -0.25) is 0 Å². The van der Waals surface area contributed by atoms with E-state index in [-0.39, 0.29) is 6.42 Å². The smallest absolute Gasteiger partial charge is 0.237 e. The van der Waals surface area contributed by atoms with Crippen molar-refractivity contribution in [2.45, 2.75) is 46.0 Å². The van der Waals surface area contributed by atoms with Crippen LogP contribution in [0.2, 0.25) is 0 Å². The van der Waals surface area contributed by atoms with Crippen LogP contribution < -0.4 is 0 Å². The standard InChI is InChI=1S/C10H20F2O2/c1-4-10(11,12)8-14-13-7-5-6-9(2)3/h9H,4-8H2,1-3H3. The Labute approximate surface area is 84.5 Å². The Balaban J connectivity index is 3.21. The second kappa shape index (κ2) is 7.12. The fraction of sp³-hybridized carbons (Fsp3) is 1.00. The van der Waals surface area contributed by atoms with Crippen molar-refractivity contribution in [2.75, 3.05) is 13.2 Å². The van der Waals surface area contributed by atoms with Crippen molar-refractivity contribution in [3.63, 3.8) is 0 Å². The Morgan fingerprint density at radius 2 is 1.86 bits per heavy atom. The Morgan fingerprint density at radius 1 is 1.21 bits per heavy atom. The minimum absolute atomic E-state index is 0.220. The first-order valence-corrected chi connectivity index (χ1v) is 5.10. The molecule has 0 saturated carbocycles. The van der Waals surface area contributed by atoms with Crippen LogP contribution in [-0.2, 0) is 9.78 Å². The minimum Gasteiger partial charge on any atom is -0.237 e. The SMILES string of the molecule is CCC(F)(F)COOCCCC(C)C. The van der Waals surface area contributed by atoms with Crippen LogP contribution >= 0.6 is 0 Å².